The van der Waals surface area contributed by atoms with Crippen molar-refractivity contribution >= 4 is 28.6 Å². The third kappa shape index (κ3) is 3.09. The van der Waals surface area contributed by atoms with Gasteiger partial charge in [0.15, 0.2) is 0 Å². The van der Waals surface area contributed by atoms with E-state index in [9.17, 15) is 0 Å². The van der Waals surface area contributed by atoms with Crippen LogP contribution in [0.2, 0.25) is 0 Å². The predicted molar refractivity (Wildman–Crippen MR) is 75.6 cm³/mol. The van der Waals surface area contributed by atoms with Gasteiger partial charge in [-0.3, -0.25) is 4.98 Å². The van der Waals surface area contributed by atoms with E-state index >= 15 is 0 Å². The quantitative estimate of drug-likeness (QED) is 0.900. The van der Waals surface area contributed by atoms with Crippen molar-refractivity contribution in [2.75, 3.05) is 18.1 Å². The van der Waals surface area contributed by atoms with E-state index in [4.69, 9.17) is 0 Å². The van der Waals surface area contributed by atoms with Crippen LogP contribution in [0.3, 0.4) is 0 Å². The second-order valence-electron chi connectivity index (χ2n) is 4.56. The highest BCUT2D eigenvalue weighted by Crippen LogP contribution is 2.21. The molecule has 0 radical (unpaired) electrons. The highest BCUT2D eigenvalue weighted by Gasteiger charge is 2.15. The van der Waals surface area contributed by atoms with Gasteiger partial charge in [-0.2, -0.15) is 11.8 Å². The zero-order chi connectivity index (χ0) is 12.3. The molecule has 0 saturated heterocycles. The molecule has 1 aromatic carbocycles. The normalized spacial score (nSPS) is 11.7. The van der Waals surface area contributed by atoms with Gasteiger partial charge in [0.1, 0.15) is 5.82 Å². The summed E-state index contributed by atoms with van der Waals surface area (Å²) in [6.45, 7) is 5.29. The molecule has 0 saturated carbocycles. The summed E-state index contributed by atoms with van der Waals surface area (Å²) in [7, 11) is 0. The van der Waals surface area contributed by atoms with Crippen LogP contribution in [0.5, 0.6) is 0 Å². The number of fused-ring (bicyclic) bond motifs is 1. The van der Waals surface area contributed by atoms with Crippen LogP contribution in [0.4, 0.5) is 5.82 Å². The SMILES string of the molecule is CSC(C)(C)CNc1cnc2ccccc2n1. The van der Waals surface area contributed by atoms with E-state index in [2.05, 4.69) is 35.4 Å². The van der Waals surface area contributed by atoms with Crippen LogP contribution in [0.1, 0.15) is 13.8 Å². The van der Waals surface area contributed by atoms with Gasteiger partial charge < -0.3 is 5.32 Å². The van der Waals surface area contributed by atoms with Gasteiger partial charge in [0.25, 0.3) is 0 Å². The van der Waals surface area contributed by atoms with Gasteiger partial charge in [-0.05, 0) is 32.2 Å². The standard InChI is InChI=1S/C13H17N3S/c1-13(2,17-3)9-15-12-8-14-10-6-4-5-7-11(10)16-12/h4-8H,9H2,1-3H3,(H,15,16). The van der Waals surface area contributed by atoms with Crippen molar-refractivity contribution in [2.45, 2.75) is 18.6 Å². The number of anilines is 1. The summed E-state index contributed by atoms with van der Waals surface area (Å²) >= 11 is 1.84. The van der Waals surface area contributed by atoms with Gasteiger partial charge in [-0.15, -0.1) is 0 Å². The lowest BCUT2D eigenvalue weighted by molar-refractivity contribution is 0.750. The van der Waals surface area contributed by atoms with Gasteiger partial charge in [0, 0.05) is 11.3 Å². The van der Waals surface area contributed by atoms with Crippen LogP contribution in [0, 0.1) is 0 Å². The molecule has 90 valence electrons. The topological polar surface area (TPSA) is 37.8 Å². The lowest BCUT2D eigenvalue weighted by Gasteiger charge is -2.22. The Morgan fingerprint density at radius 1 is 1.24 bits per heavy atom. The number of hydrogen-bond acceptors (Lipinski definition) is 4. The van der Waals surface area contributed by atoms with E-state index in [0.29, 0.717) is 0 Å². The summed E-state index contributed by atoms with van der Waals surface area (Å²) in [5.74, 6) is 0.839. The van der Waals surface area contributed by atoms with Crippen LogP contribution in [-0.4, -0.2) is 27.5 Å². The monoisotopic (exact) mass is 247 g/mol. The molecule has 1 heterocycles. The number of rotatable bonds is 4. The Labute approximate surface area is 106 Å². The Balaban J connectivity index is 2.14. The molecule has 0 amide bonds. The zero-order valence-corrected chi connectivity index (χ0v) is 11.2. The molecule has 2 rings (SSSR count). The molecule has 0 aliphatic heterocycles. The second kappa shape index (κ2) is 4.92. The number of benzene rings is 1. The lowest BCUT2D eigenvalue weighted by atomic mass is 10.2. The molecule has 1 aromatic heterocycles. The van der Waals surface area contributed by atoms with Crippen molar-refractivity contribution in [1.82, 2.24) is 9.97 Å². The first-order valence-corrected chi connectivity index (χ1v) is 6.84. The fraction of sp³-hybridized carbons (Fsp3) is 0.385. The van der Waals surface area contributed by atoms with Crippen LogP contribution in [-0.2, 0) is 0 Å². The molecular weight excluding hydrogens is 230 g/mol. The molecular formula is C13H17N3S. The molecule has 0 fully saturated rings. The fourth-order valence-electron chi connectivity index (χ4n) is 1.42. The summed E-state index contributed by atoms with van der Waals surface area (Å²) in [6, 6.07) is 7.90. The second-order valence-corrected chi connectivity index (χ2v) is 6.07. The molecule has 0 aliphatic carbocycles. The number of nitrogens with one attached hydrogen (secondary N) is 1. The Morgan fingerprint density at radius 3 is 2.65 bits per heavy atom. The molecule has 4 heteroatoms. The van der Waals surface area contributed by atoms with Crippen molar-refractivity contribution in [3.8, 4) is 0 Å². The number of thioether (sulfide) groups is 1. The van der Waals surface area contributed by atoms with Gasteiger partial charge in [-0.1, -0.05) is 12.1 Å². The lowest BCUT2D eigenvalue weighted by Crippen LogP contribution is -2.26. The fourth-order valence-corrected chi connectivity index (χ4v) is 1.63. The predicted octanol–water partition coefficient (Wildman–Crippen LogP) is 3.18. The van der Waals surface area contributed by atoms with Crippen molar-refractivity contribution in [2.24, 2.45) is 0 Å². The van der Waals surface area contributed by atoms with Gasteiger partial charge >= 0.3 is 0 Å². The van der Waals surface area contributed by atoms with Crippen LogP contribution in [0.25, 0.3) is 11.0 Å². The maximum absolute atomic E-state index is 4.53. The molecule has 0 unspecified atom stereocenters. The van der Waals surface area contributed by atoms with Gasteiger partial charge in [0.05, 0.1) is 17.2 Å². The van der Waals surface area contributed by atoms with E-state index in [-0.39, 0.29) is 4.75 Å². The van der Waals surface area contributed by atoms with Gasteiger partial charge in [-0.25, -0.2) is 4.98 Å². The minimum atomic E-state index is 0.202. The highest BCUT2D eigenvalue weighted by molar-refractivity contribution is 7.99. The van der Waals surface area contributed by atoms with Crippen molar-refractivity contribution < 1.29 is 0 Å². The Bertz CT molecular complexity index is 511. The van der Waals surface area contributed by atoms with Crippen molar-refractivity contribution in [3.63, 3.8) is 0 Å². The first-order valence-electron chi connectivity index (χ1n) is 5.61. The molecule has 0 aliphatic rings. The molecule has 0 bridgehead atoms. The van der Waals surface area contributed by atoms with E-state index in [1.54, 1.807) is 6.20 Å². The van der Waals surface area contributed by atoms with E-state index in [1.165, 1.54) is 0 Å². The smallest absolute Gasteiger partial charge is 0.145 e. The Hall–Kier alpha value is -1.29. The van der Waals surface area contributed by atoms with E-state index in [0.717, 1.165) is 23.4 Å². The first-order chi connectivity index (χ1) is 8.11. The minimum Gasteiger partial charge on any atom is -0.367 e. The molecule has 2 aromatic rings. The van der Waals surface area contributed by atoms with Crippen molar-refractivity contribution in [3.05, 3.63) is 30.5 Å². The maximum Gasteiger partial charge on any atom is 0.145 e. The molecule has 17 heavy (non-hydrogen) atoms. The van der Waals surface area contributed by atoms with Crippen LogP contribution >= 0.6 is 11.8 Å². The number of aromatic nitrogens is 2. The average Bonchev–Trinajstić information content (AvgIpc) is 2.36. The molecule has 0 atom stereocenters. The third-order valence-electron chi connectivity index (χ3n) is 2.70. The van der Waals surface area contributed by atoms with Gasteiger partial charge in [0.2, 0.25) is 0 Å². The highest BCUT2D eigenvalue weighted by atomic mass is 32.2. The average molecular weight is 247 g/mol. The minimum absolute atomic E-state index is 0.202. The number of hydrogen-bond donors (Lipinski definition) is 1. The molecule has 1 N–H and O–H groups in total. The summed E-state index contributed by atoms with van der Waals surface area (Å²) < 4.78 is 0.202. The first kappa shape index (κ1) is 12.2. The van der Waals surface area contributed by atoms with Crippen molar-refractivity contribution in [1.29, 1.82) is 0 Å². The summed E-state index contributed by atoms with van der Waals surface area (Å²) in [5, 5.41) is 3.33. The summed E-state index contributed by atoms with van der Waals surface area (Å²) in [4.78, 5) is 8.91. The summed E-state index contributed by atoms with van der Waals surface area (Å²) in [6.07, 6.45) is 3.91. The molecule has 3 nitrogen and oxygen atoms in total. The Kier molecular flexibility index (Phi) is 3.52. The number of para-hydroxylation sites is 2. The van der Waals surface area contributed by atoms with E-state index in [1.807, 2.05) is 36.0 Å². The molecule has 0 spiro atoms. The Morgan fingerprint density at radius 2 is 1.94 bits per heavy atom. The zero-order valence-electron chi connectivity index (χ0n) is 10.4. The van der Waals surface area contributed by atoms with E-state index < -0.39 is 0 Å². The maximum atomic E-state index is 4.53. The van der Waals surface area contributed by atoms with Crippen LogP contribution < -0.4 is 5.32 Å². The largest absolute Gasteiger partial charge is 0.367 e. The number of nitrogens with zero attached hydrogens (tertiary/aromatic N) is 2. The van der Waals surface area contributed by atoms with Crippen LogP contribution in [0.15, 0.2) is 30.5 Å². The summed E-state index contributed by atoms with van der Waals surface area (Å²) in [5.41, 5.74) is 1.86. The third-order valence-corrected chi connectivity index (χ3v) is 3.95.